The molecule has 0 radical (unpaired) electrons. The highest BCUT2D eigenvalue weighted by Gasteiger charge is 2.24. The van der Waals surface area contributed by atoms with Crippen molar-refractivity contribution in [1.82, 2.24) is 14.7 Å². The molecule has 2 aromatic carbocycles. The first-order valence-corrected chi connectivity index (χ1v) is 13.0. The quantitative estimate of drug-likeness (QED) is 0.344. The summed E-state index contributed by atoms with van der Waals surface area (Å²) in [5.74, 6) is 0.267. The fourth-order valence-corrected chi connectivity index (χ4v) is 4.22. The maximum Gasteiger partial charge on any atom is 0.322 e. The number of hydrogen-bond donors (Lipinski definition) is 2. The van der Waals surface area contributed by atoms with Gasteiger partial charge >= 0.3 is 6.03 Å². The Labute approximate surface area is 226 Å². The Hall–Kier alpha value is -3.65. The molecule has 0 fully saturated rings. The van der Waals surface area contributed by atoms with Crippen LogP contribution < -0.4 is 10.6 Å². The van der Waals surface area contributed by atoms with Crippen LogP contribution in [0.5, 0.6) is 0 Å². The third-order valence-electron chi connectivity index (χ3n) is 6.35. The van der Waals surface area contributed by atoms with Crippen LogP contribution in [-0.2, 0) is 14.9 Å². The number of aromatic nitrogens is 2. The number of nitrogens with one attached hydrogen (secondary N) is 2. The fraction of sp³-hybridized carbons (Fsp3) is 0.433. The Morgan fingerprint density at radius 2 is 1.61 bits per heavy atom. The number of rotatable bonds is 9. The summed E-state index contributed by atoms with van der Waals surface area (Å²) in [7, 11) is 1.62. The van der Waals surface area contributed by atoms with Crippen molar-refractivity contribution in [2.24, 2.45) is 0 Å². The Kier molecular flexibility index (Phi) is 9.33. The molecule has 3 aromatic rings. The molecule has 0 aliphatic carbocycles. The number of amides is 3. The Morgan fingerprint density at radius 1 is 0.947 bits per heavy atom. The first kappa shape index (κ1) is 28.9. The zero-order valence-corrected chi connectivity index (χ0v) is 23.9. The predicted octanol–water partition coefficient (Wildman–Crippen LogP) is 5.91. The predicted molar refractivity (Wildman–Crippen MR) is 153 cm³/mol. The number of carbonyl (C=O) groups excluding carboxylic acids is 2. The van der Waals surface area contributed by atoms with Gasteiger partial charge in [0.25, 0.3) is 0 Å². The number of nitrogens with zero attached hydrogens (tertiary/aromatic N) is 3. The maximum absolute atomic E-state index is 13.3. The molecular formula is C30H41N5O3. The van der Waals surface area contributed by atoms with Crippen LogP contribution in [0, 0.1) is 27.7 Å². The Bertz CT molecular complexity index is 1290. The van der Waals surface area contributed by atoms with E-state index >= 15 is 0 Å². The lowest BCUT2D eigenvalue weighted by atomic mass is 9.92. The summed E-state index contributed by atoms with van der Waals surface area (Å²) < 4.78 is 6.95. The molecule has 1 aromatic heterocycles. The molecule has 0 bridgehead atoms. The molecule has 0 atom stereocenters. The normalized spacial score (nSPS) is 11.4. The molecule has 2 N–H and O–H groups in total. The molecule has 3 amide bonds. The average molecular weight is 520 g/mol. The number of benzene rings is 2. The molecule has 1 heterocycles. The number of urea groups is 1. The van der Waals surface area contributed by atoms with E-state index in [9.17, 15) is 9.59 Å². The lowest BCUT2D eigenvalue weighted by Crippen LogP contribution is -2.41. The lowest BCUT2D eigenvalue weighted by molar-refractivity contribution is -0.116. The van der Waals surface area contributed by atoms with Gasteiger partial charge in [-0.2, -0.15) is 5.10 Å². The van der Waals surface area contributed by atoms with Crippen LogP contribution in [0.4, 0.5) is 16.3 Å². The molecule has 0 saturated carbocycles. The van der Waals surface area contributed by atoms with E-state index in [0.29, 0.717) is 25.4 Å². The van der Waals surface area contributed by atoms with Gasteiger partial charge in [-0.05, 0) is 57.4 Å². The van der Waals surface area contributed by atoms with E-state index in [1.807, 2.05) is 64.1 Å². The maximum atomic E-state index is 13.3. The van der Waals surface area contributed by atoms with Crippen LogP contribution >= 0.6 is 0 Å². The third-order valence-corrected chi connectivity index (χ3v) is 6.35. The molecule has 0 aliphatic rings. The largest absolute Gasteiger partial charge is 0.385 e. The summed E-state index contributed by atoms with van der Waals surface area (Å²) in [5.41, 5.74) is 6.56. The van der Waals surface area contributed by atoms with Crippen LogP contribution in [-0.4, -0.2) is 53.4 Å². The average Bonchev–Trinajstić information content (AvgIpc) is 3.24. The second kappa shape index (κ2) is 12.3. The summed E-state index contributed by atoms with van der Waals surface area (Å²) in [4.78, 5) is 28.0. The highest BCUT2D eigenvalue weighted by Crippen LogP contribution is 2.28. The molecule has 8 heteroatoms. The molecule has 3 rings (SSSR count). The Morgan fingerprint density at radius 3 is 2.21 bits per heavy atom. The fourth-order valence-electron chi connectivity index (χ4n) is 4.22. The van der Waals surface area contributed by atoms with E-state index < -0.39 is 0 Å². The number of carbonyl (C=O) groups is 2. The second-order valence-corrected chi connectivity index (χ2v) is 10.9. The minimum absolute atomic E-state index is 0.108. The van der Waals surface area contributed by atoms with Gasteiger partial charge in [-0.15, -0.1) is 0 Å². The minimum Gasteiger partial charge on any atom is -0.385 e. The highest BCUT2D eigenvalue weighted by molar-refractivity contribution is 5.97. The van der Waals surface area contributed by atoms with Crippen molar-refractivity contribution in [2.75, 3.05) is 37.4 Å². The monoisotopic (exact) mass is 519 g/mol. The second-order valence-electron chi connectivity index (χ2n) is 10.9. The van der Waals surface area contributed by atoms with E-state index in [-0.39, 0.29) is 23.9 Å². The van der Waals surface area contributed by atoms with Crippen LogP contribution in [0.1, 0.15) is 55.1 Å². The van der Waals surface area contributed by atoms with Gasteiger partial charge < -0.3 is 20.3 Å². The van der Waals surface area contributed by atoms with Crippen molar-refractivity contribution >= 4 is 23.4 Å². The van der Waals surface area contributed by atoms with Crippen molar-refractivity contribution in [2.45, 2.75) is 60.3 Å². The van der Waals surface area contributed by atoms with Crippen molar-refractivity contribution in [3.63, 3.8) is 0 Å². The summed E-state index contributed by atoms with van der Waals surface area (Å²) in [6.07, 6.45) is 0.610. The van der Waals surface area contributed by atoms with Gasteiger partial charge in [0.05, 0.1) is 11.4 Å². The number of aryl methyl sites for hydroxylation is 4. The number of ether oxygens (including phenoxy) is 1. The zero-order chi connectivity index (χ0) is 28.0. The van der Waals surface area contributed by atoms with Crippen molar-refractivity contribution < 1.29 is 14.3 Å². The molecule has 38 heavy (non-hydrogen) atoms. The highest BCUT2D eigenvalue weighted by atomic mass is 16.5. The van der Waals surface area contributed by atoms with Crippen LogP contribution in [0.2, 0.25) is 0 Å². The molecular weight excluding hydrogens is 478 g/mol. The number of hydrogen-bond acceptors (Lipinski definition) is 4. The van der Waals surface area contributed by atoms with Gasteiger partial charge in [-0.3, -0.25) is 4.79 Å². The summed E-state index contributed by atoms with van der Waals surface area (Å²) in [5, 5.41) is 10.8. The molecule has 204 valence electrons. The molecule has 0 unspecified atom stereocenters. The van der Waals surface area contributed by atoms with Crippen LogP contribution in [0.3, 0.4) is 0 Å². The van der Waals surface area contributed by atoms with Gasteiger partial charge in [0.1, 0.15) is 12.4 Å². The molecule has 0 spiro atoms. The first-order chi connectivity index (χ1) is 17.9. The van der Waals surface area contributed by atoms with E-state index in [4.69, 9.17) is 9.84 Å². The van der Waals surface area contributed by atoms with E-state index in [1.54, 1.807) is 11.8 Å². The van der Waals surface area contributed by atoms with E-state index in [1.165, 1.54) is 4.90 Å². The van der Waals surface area contributed by atoms with Crippen molar-refractivity contribution in [1.29, 1.82) is 0 Å². The first-order valence-electron chi connectivity index (χ1n) is 13.0. The van der Waals surface area contributed by atoms with Gasteiger partial charge in [0.2, 0.25) is 5.91 Å². The summed E-state index contributed by atoms with van der Waals surface area (Å²) >= 11 is 0. The number of anilines is 2. The molecule has 0 aliphatic heterocycles. The van der Waals surface area contributed by atoms with E-state index in [2.05, 4.69) is 37.5 Å². The van der Waals surface area contributed by atoms with E-state index in [0.717, 1.165) is 39.3 Å². The lowest BCUT2D eigenvalue weighted by Gasteiger charge is -2.23. The summed E-state index contributed by atoms with van der Waals surface area (Å²) in [6, 6.07) is 13.5. The standard InChI is InChI=1S/C30H41N5O3/c1-20-10-12-24(22(3)16-20)31-29(37)34(14-9-15-38-8)19-28(36)32-27-18-26(30(5,6)7)33-35(27)25-13-11-21(2)17-23(25)4/h10-13,16-18H,9,14-15,19H2,1-8H3,(H,31,37)(H,32,36). The Balaban J connectivity index is 1.84. The topological polar surface area (TPSA) is 88.5 Å². The van der Waals surface area contributed by atoms with Gasteiger partial charge in [-0.25, -0.2) is 9.48 Å². The van der Waals surface area contributed by atoms with Gasteiger partial charge in [0, 0.05) is 37.4 Å². The van der Waals surface area contributed by atoms with Gasteiger partial charge in [0.15, 0.2) is 0 Å². The van der Waals surface area contributed by atoms with Crippen LogP contribution in [0.25, 0.3) is 5.69 Å². The molecule has 0 saturated heterocycles. The minimum atomic E-state index is -0.332. The summed E-state index contributed by atoms with van der Waals surface area (Å²) in [6.45, 7) is 15.0. The molecule has 8 nitrogen and oxygen atoms in total. The SMILES string of the molecule is COCCCN(CC(=O)Nc1cc(C(C)(C)C)nn1-c1ccc(C)cc1C)C(=O)Nc1ccc(C)cc1C. The van der Waals surface area contributed by atoms with Crippen LogP contribution in [0.15, 0.2) is 42.5 Å². The third kappa shape index (κ3) is 7.44. The zero-order valence-electron chi connectivity index (χ0n) is 23.9. The van der Waals surface area contributed by atoms with Gasteiger partial charge in [-0.1, -0.05) is 56.2 Å². The smallest absolute Gasteiger partial charge is 0.322 e. The van der Waals surface area contributed by atoms with Crippen molar-refractivity contribution in [3.05, 3.63) is 70.4 Å². The van der Waals surface area contributed by atoms with Crippen molar-refractivity contribution in [3.8, 4) is 5.69 Å². The number of methoxy groups -OCH3 is 1.